The van der Waals surface area contributed by atoms with Crippen LogP contribution in [0.25, 0.3) is 0 Å². The number of aromatic nitrogens is 1. The van der Waals surface area contributed by atoms with E-state index in [-0.39, 0.29) is 0 Å². The monoisotopic (exact) mass is 378 g/mol. The summed E-state index contributed by atoms with van der Waals surface area (Å²) in [5, 5.41) is 3.50. The van der Waals surface area contributed by atoms with Gasteiger partial charge in [-0.3, -0.25) is 4.98 Å². The fraction of sp³-hybridized carbons (Fsp3) is 0.615. The van der Waals surface area contributed by atoms with Crippen molar-refractivity contribution in [2.24, 2.45) is 5.92 Å². The van der Waals surface area contributed by atoms with E-state index in [0.29, 0.717) is 12.0 Å². The van der Waals surface area contributed by atoms with Gasteiger partial charge in [-0.25, -0.2) is 0 Å². The molecule has 0 aliphatic rings. The Bertz CT molecular complexity index is 372. The Morgan fingerprint density at radius 3 is 2.67 bits per heavy atom. The quantitative estimate of drug-likeness (QED) is 0.783. The van der Waals surface area contributed by atoms with Gasteiger partial charge in [-0.2, -0.15) is 0 Å². The second-order valence-corrected chi connectivity index (χ2v) is 6.24. The topological polar surface area (TPSA) is 34.1 Å². The zero-order chi connectivity index (χ0) is 13.5. The van der Waals surface area contributed by atoms with Crippen molar-refractivity contribution >= 4 is 31.9 Å². The molecule has 0 aromatic carbocycles. The fourth-order valence-corrected chi connectivity index (χ4v) is 2.66. The summed E-state index contributed by atoms with van der Waals surface area (Å²) >= 11 is 6.92. The minimum Gasteiger partial charge on any atom is -0.380 e. The Hall–Kier alpha value is 0.0300. The van der Waals surface area contributed by atoms with E-state index in [1.54, 1.807) is 0 Å². The summed E-state index contributed by atoms with van der Waals surface area (Å²) in [5.41, 5.74) is 1.01. The van der Waals surface area contributed by atoms with Gasteiger partial charge < -0.3 is 10.1 Å². The molecule has 1 rings (SSSR count). The Balaban J connectivity index is 2.55. The van der Waals surface area contributed by atoms with Gasteiger partial charge in [-0.05, 0) is 50.8 Å². The average Bonchev–Trinajstić information content (AvgIpc) is 2.31. The zero-order valence-corrected chi connectivity index (χ0v) is 14.2. The molecule has 102 valence electrons. The van der Waals surface area contributed by atoms with Crippen molar-refractivity contribution in [3.8, 4) is 0 Å². The number of pyridine rings is 1. The second kappa shape index (κ2) is 8.25. The number of rotatable bonds is 7. The molecule has 0 fully saturated rings. The van der Waals surface area contributed by atoms with E-state index in [1.807, 2.05) is 19.2 Å². The summed E-state index contributed by atoms with van der Waals surface area (Å²) in [4.78, 5) is 4.39. The van der Waals surface area contributed by atoms with Crippen LogP contribution in [0.4, 0.5) is 0 Å². The molecule has 1 N–H and O–H groups in total. The van der Waals surface area contributed by atoms with Crippen LogP contribution in [0.5, 0.6) is 0 Å². The number of halogens is 2. The first-order valence-corrected chi connectivity index (χ1v) is 7.74. The van der Waals surface area contributed by atoms with Crippen LogP contribution in [0.1, 0.15) is 26.5 Å². The Morgan fingerprint density at radius 2 is 2.11 bits per heavy atom. The molecule has 1 aromatic rings. The lowest BCUT2D eigenvalue weighted by Crippen LogP contribution is -2.37. The molecule has 3 nitrogen and oxygen atoms in total. The van der Waals surface area contributed by atoms with Crippen LogP contribution in [0.2, 0.25) is 0 Å². The molecule has 1 heterocycles. The van der Waals surface area contributed by atoms with Crippen molar-refractivity contribution < 1.29 is 4.74 Å². The summed E-state index contributed by atoms with van der Waals surface area (Å²) in [5.74, 6) is 0.533. The summed E-state index contributed by atoms with van der Waals surface area (Å²) < 4.78 is 7.49. The minimum absolute atomic E-state index is 0.349. The van der Waals surface area contributed by atoms with Crippen LogP contribution in [-0.2, 0) is 11.3 Å². The SMILES string of the molecule is CCOCC(NCc1ncc(Br)cc1Br)C(C)C. The van der Waals surface area contributed by atoms with Crippen LogP contribution in [-0.4, -0.2) is 24.2 Å². The molecule has 0 amide bonds. The molecular formula is C13H20Br2N2O. The van der Waals surface area contributed by atoms with Gasteiger partial charge in [-0.15, -0.1) is 0 Å². The summed E-state index contributed by atoms with van der Waals surface area (Å²) in [6, 6.07) is 2.36. The van der Waals surface area contributed by atoms with Crippen LogP contribution in [0.3, 0.4) is 0 Å². The molecule has 0 aliphatic heterocycles. The number of nitrogens with zero attached hydrogens (tertiary/aromatic N) is 1. The van der Waals surface area contributed by atoms with E-state index in [0.717, 1.165) is 34.4 Å². The molecular weight excluding hydrogens is 360 g/mol. The maximum absolute atomic E-state index is 5.49. The van der Waals surface area contributed by atoms with Gasteiger partial charge in [0.25, 0.3) is 0 Å². The number of hydrogen-bond acceptors (Lipinski definition) is 3. The molecule has 0 aliphatic carbocycles. The van der Waals surface area contributed by atoms with Gasteiger partial charge in [0.05, 0.1) is 12.3 Å². The molecule has 5 heteroatoms. The number of hydrogen-bond donors (Lipinski definition) is 1. The highest BCUT2D eigenvalue weighted by Gasteiger charge is 2.13. The molecule has 0 spiro atoms. The maximum Gasteiger partial charge on any atom is 0.0684 e. The van der Waals surface area contributed by atoms with E-state index in [9.17, 15) is 0 Å². The van der Waals surface area contributed by atoms with Crippen LogP contribution >= 0.6 is 31.9 Å². The van der Waals surface area contributed by atoms with E-state index < -0.39 is 0 Å². The lowest BCUT2D eigenvalue weighted by Gasteiger charge is -2.22. The lowest BCUT2D eigenvalue weighted by molar-refractivity contribution is 0.107. The Morgan fingerprint density at radius 1 is 1.39 bits per heavy atom. The summed E-state index contributed by atoms with van der Waals surface area (Å²) in [7, 11) is 0. The van der Waals surface area contributed by atoms with Gasteiger partial charge in [-0.1, -0.05) is 13.8 Å². The van der Waals surface area contributed by atoms with Crippen molar-refractivity contribution in [1.29, 1.82) is 0 Å². The van der Waals surface area contributed by atoms with Gasteiger partial charge in [0, 0.05) is 34.3 Å². The highest BCUT2D eigenvalue weighted by atomic mass is 79.9. The molecule has 18 heavy (non-hydrogen) atoms. The van der Waals surface area contributed by atoms with Crippen LogP contribution < -0.4 is 5.32 Å². The van der Waals surface area contributed by atoms with Gasteiger partial charge in [0.1, 0.15) is 0 Å². The van der Waals surface area contributed by atoms with Gasteiger partial charge >= 0.3 is 0 Å². The normalized spacial score (nSPS) is 13.0. The molecule has 0 bridgehead atoms. The van der Waals surface area contributed by atoms with Gasteiger partial charge in [0.15, 0.2) is 0 Å². The van der Waals surface area contributed by atoms with Crippen molar-refractivity contribution in [2.75, 3.05) is 13.2 Å². The van der Waals surface area contributed by atoms with E-state index in [1.165, 1.54) is 0 Å². The van der Waals surface area contributed by atoms with Gasteiger partial charge in [0.2, 0.25) is 0 Å². The first kappa shape index (κ1) is 16.1. The third kappa shape index (κ3) is 5.34. The predicted octanol–water partition coefficient (Wildman–Crippen LogP) is 3.76. The molecule has 1 unspecified atom stereocenters. The average molecular weight is 380 g/mol. The fourth-order valence-electron chi connectivity index (χ4n) is 1.53. The van der Waals surface area contributed by atoms with Crippen LogP contribution in [0, 0.1) is 5.92 Å². The smallest absolute Gasteiger partial charge is 0.0684 e. The third-order valence-corrected chi connectivity index (χ3v) is 3.84. The van der Waals surface area contributed by atoms with Crippen molar-refractivity contribution in [3.63, 3.8) is 0 Å². The first-order valence-electron chi connectivity index (χ1n) is 6.15. The Kier molecular flexibility index (Phi) is 7.37. The van der Waals surface area contributed by atoms with Crippen molar-refractivity contribution in [1.82, 2.24) is 10.3 Å². The second-order valence-electron chi connectivity index (χ2n) is 4.47. The molecule has 1 aromatic heterocycles. The van der Waals surface area contributed by atoms with E-state index in [2.05, 4.69) is 56.0 Å². The largest absolute Gasteiger partial charge is 0.380 e. The molecule has 0 saturated heterocycles. The summed E-state index contributed by atoms with van der Waals surface area (Å²) in [6.45, 7) is 8.64. The van der Waals surface area contributed by atoms with Crippen molar-refractivity contribution in [2.45, 2.75) is 33.4 Å². The van der Waals surface area contributed by atoms with Crippen molar-refractivity contribution in [3.05, 3.63) is 26.9 Å². The highest BCUT2D eigenvalue weighted by Crippen LogP contribution is 2.19. The Labute approximate surface area is 126 Å². The maximum atomic E-state index is 5.49. The predicted molar refractivity (Wildman–Crippen MR) is 81.6 cm³/mol. The van der Waals surface area contributed by atoms with E-state index in [4.69, 9.17) is 4.74 Å². The molecule has 1 atom stereocenters. The lowest BCUT2D eigenvalue weighted by atomic mass is 10.1. The molecule has 0 saturated carbocycles. The zero-order valence-electron chi connectivity index (χ0n) is 11.0. The number of nitrogens with one attached hydrogen (secondary N) is 1. The molecule has 0 radical (unpaired) electrons. The summed E-state index contributed by atoms with van der Waals surface area (Å²) in [6.07, 6.45) is 1.81. The highest BCUT2D eigenvalue weighted by molar-refractivity contribution is 9.11. The van der Waals surface area contributed by atoms with E-state index >= 15 is 0 Å². The van der Waals surface area contributed by atoms with Crippen LogP contribution in [0.15, 0.2) is 21.2 Å². The first-order chi connectivity index (χ1) is 8.54. The third-order valence-electron chi connectivity index (χ3n) is 2.72. The standard InChI is InChI=1S/C13H20Br2N2O/c1-4-18-8-13(9(2)3)17-7-12-11(15)5-10(14)6-16-12/h5-6,9,13,17H,4,7-8H2,1-3H3. The number of ether oxygens (including phenoxy) is 1. The minimum atomic E-state index is 0.349.